The third kappa shape index (κ3) is 5.80. The summed E-state index contributed by atoms with van der Waals surface area (Å²) in [6.45, 7) is 11.3. The predicted molar refractivity (Wildman–Crippen MR) is 65.8 cm³/mol. The van der Waals surface area contributed by atoms with Crippen LogP contribution in [0.15, 0.2) is 0 Å². The van der Waals surface area contributed by atoms with Crippen LogP contribution in [0.25, 0.3) is 0 Å². The highest BCUT2D eigenvalue weighted by atomic mass is 16.5. The average Bonchev–Trinajstić information content (AvgIpc) is 2.22. The number of morpholine rings is 1. The molecule has 1 rings (SSSR count). The van der Waals surface area contributed by atoms with Gasteiger partial charge in [-0.25, -0.2) is 0 Å². The summed E-state index contributed by atoms with van der Waals surface area (Å²) in [5.41, 5.74) is 0.0221. The molecule has 0 radical (unpaired) electrons. The van der Waals surface area contributed by atoms with Gasteiger partial charge in [-0.3, -0.25) is 4.90 Å². The van der Waals surface area contributed by atoms with Gasteiger partial charge in [0.05, 0.1) is 12.2 Å². The Hall–Kier alpha value is -0.160. The Morgan fingerprint density at radius 2 is 2.19 bits per heavy atom. The normalized spacial score (nSPS) is 21.2. The average molecular weight is 230 g/mol. The number of hydrogen-bond acceptors (Lipinski definition) is 4. The van der Waals surface area contributed by atoms with E-state index in [9.17, 15) is 0 Å². The van der Waals surface area contributed by atoms with Crippen LogP contribution in [0.3, 0.4) is 0 Å². The molecule has 1 fully saturated rings. The lowest BCUT2D eigenvalue weighted by Gasteiger charge is -2.38. The molecule has 0 amide bonds. The highest BCUT2D eigenvalue weighted by Gasteiger charge is 2.26. The van der Waals surface area contributed by atoms with E-state index < -0.39 is 0 Å². The van der Waals surface area contributed by atoms with E-state index in [2.05, 4.69) is 24.1 Å². The summed E-state index contributed by atoms with van der Waals surface area (Å²) in [7, 11) is 1.75. The van der Waals surface area contributed by atoms with Crippen molar-refractivity contribution >= 4 is 0 Å². The van der Waals surface area contributed by atoms with Gasteiger partial charge in [0.15, 0.2) is 0 Å². The van der Waals surface area contributed by atoms with Crippen molar-refractivity contribution in [1.82, 2.24) is 10.2 Å². The topological polar surface area (TPSA) is 33.7 Å². The molecule has 4 nitrogen and oxygen atoms in total. The van der Waals surface area contributed by atoms with Gasteiger partial charge in [0.2, 0.25) is 0 Å². The number of methoxy groups -OCH3 is 1. The fourth-order valence-electron chi connectivity index (χ4n) is 2.01. The van der Waals surface area contributed by atoms with Gasteiger partial charge in [0.1, 0.15) is 0 Å². The Kier molecular flexibility index (Phi) is 6.28. The van der Waals surface area contributed by atoms with E-state index in [1.807, 2.05) is 0 Å². The van der Waals surface area contributed by atoms with Gasteiger partial charge in [0, 0.05) is 39.9 Å². The van der Waals surface area contributed by atoms with E-state index >= 15 is 0 Å². The van der Waals surface area contributed by atoms with Crippen molar-refractivity contribution in [1.29, 1.82) is 0 Å². The molecule has 1 aliphatic rings. The zero-order chi connectivity index (χ0) is 11.9. The van der Waals surface area contributed by atoms with Gasteiger partial charge in [-0.05, 0) is 26.8 Å². The van der Waals surface area contributed by atoms with Gasteiger partial charge in [0.25, 0.3) is 0 Å². The van der Waals surface area contributed by atoms with Gasteiger partial charge < -0.3 is 14.8 Å². The van der Waals surface area contributed by atoms with E-state index in [0.29, 0.717) is 0 Å². The van der Waals surface area contributed by atoms with Crippen molar-refractivity contribution in [2.75, 3.05) is 53.0 Å². The molecule has 1 saturated heterocycles. The number of hydrogen-bond donors (Lipinski definition) is 1. The van der Waals surface area contributed by atoms with Crippen LogP contribution in [0.4, 0.5) is 0 Å². The van der Waals surface area contributed by atoms with Crippen LogP contribution < -0.4 is 5.32 Å². The number of ether oxygens (including phenoxy) is 2. The first-order chi connectivity index (χ1) is 7.64. The molecule has 0 aromatic carbocycles. The lowest BCUT2D eigenvalue weighted by Crippen LogP contribution is -2.49. The minimum atomic E-state index is 0.0221. The molecule has 1 N–H and O–H groups in total. The van der Waals surface area contributed by atoms with Crippen molar-refractivity contribution in [3.63, 3.8) is 0 Å². The van der Waals surface area contributed by atoms with E-state index in [0.717, 1.165) is 52.4 Å². The maximum absolute atomic E-state index is 5.68. The van der Waals surface area contributed by atoms with Crippen LogP contribution in [-0.2, 0) is 9.47 Å². The maximum atomic E-state index is 5.68. The Morgan fingerprint density at radius 1 is 1.38 bits per heavy atom. The molecule has 16 heavy (non-hydrogen) atoms. The van der Waals surface area contributed by atoms with Gasteiger partial charge >= 0.3 is 0 Å². The predicted octanol–water partition coefficient (Wildman–Crippen LogP) is 0.723. The highest BCUT2D eigenvalue weighted by molar-refractivity contribution is 4.79. The second kappa shape index (κ2) is 7.22. The molecule has 0 atom stereocenters. The number of nitrogens with zero attached hydrogens (tertiary/aromatic N) is 1. The molecule has 1 heterocycles. The summed E-state index contributed by atoms with van der Waals surface area (Å²) in [5.74, 6) is 0. The van der Waals surface area contributed by atoms with Crippen molar-refractivity contribution in [3.05, 3.63) is 0 Å². The molecule has 0 unspecified atom stereocenters. The van der Waals surface area contributed by atoms with Crippen LogP contribution in [-0.4, -0.2) is 63.5 Å². The highest BCUT2D eigenvalue weighted by Crippen LogP contribution is 2.15. The molecule has 1 aliphatic heterocycles. The fraction of sp³-hybridized carbons (Fsp3) is 1.00. The first-order valence-corrected chi connectivity index (χ1v) is 6.20. The Labute approximate surface area is 99.3 Å². The lowest BCUT2D eigenvalue weighted by atomic mass is 10.1. The van der Waals surface area contributed by atoms with Crippen LogP contribution in [0.2, 0.25) is 0 Å². The summed E-state index contributed by atoms with van der Waals surface area (Å²) in [5, 5.41) is 3.43. The summed E-state index contributed by atoms with van der Waals surface area (Å²) < 4.78 is 10.7. The van der Waals surface area contributed by atoms with E-state index in [4.69, 9.17) is 9.47 Å². The summed E-state index contributed by atoms with van der Waals surface area (Å²) in [6, 6.07) is 0. The van der Waals surface area contributed by atoms with Gasteiger partial charge in [-0.2, -0.15) is 0 Å². The molecule has 0 saturated carbocycles. The molecular formula is C12H26N2O2. The maximum Gasteiger partial charge on any atom is 0.0753 e. The zero-order valence-electron chi connectivity index (χ0n) is 10.9. The fourth-order valence-corrected chi connectivity index (χ4v) is 2.01. The van der Waals surface area contributed by atoms with Crippen molar-refractivity contribution in [2.45, 2.75) is 25.9 Å². The Balaban J connectivity index is 2.00. The SMILES string of the molecule is COCCCNCCN1CCOC(C)(C)C1. The third-order valence-corrected chi connectivity index (χ3v) is 2.81. The second-order valence-corrected chi connectivity index (χ2v) is 4.98. The molecule has 0 aromatic heterocycles. The van der Waals surface area contributed by atoms with Crippen LogP contribution in [0.1, 0.15) is 20.3 Å². The Morgan fingerprint density at radius 3 is 2.88 bits per heavy atom. The molecule has 4 heteroatoms. The van der Waals surface area contributed by atoms with Crippen molar-refractivity contribution < 1.29 is 9.47 Å². The largest absolute Gasteiger partial charge is 0.385 e. The zero-order valence-corrected chi connectivity index (χ0v) is 10.9. The van der Waals surface area contributed by atoms with Crippen LogP contribution in [0, 0.1) is 0 Å². The smallest absolute Gasteiger partial charge is 0.0753 e. The Bertz CT molecular complexity index is 186. The van der Waals surface area contributed by atoms with Crippen molar-refractivity contribution in [3.8, 4) is 0 Å². The van der Waals surface area contributed by atoms with Crippen molar-refractivity contribution in [2.24, 2.45) is 0 Å². The first-order valence-electron chi connectivity index (χ1n) is 6.20. The minimum absolute atomic E-state index is 0.0221. The molecule has 0 aromatic rings. The minimum Gasteiger partial charge on any atom is -0.385 e. The summed E-state index contributed by atoms with van der Waals surface area (Å²) in [4.78, 5) is 2.47. The standard InChI is InChI=1S/C12H26N2O2/c1-12(2)11-14(8-10-16-12)7-6-13-5-4-9-15-3/h13H,4-11H2,1-3H3. The summed E-state index contributed by atoms with van der Waals surface area (Å²) >= 11 is 0. The lowest BCUT2D eigenvalue weighted by molar-refractivity contribution is -0.0854. The van der Waals surface area contributed by atoms with E-state index in [-0.39, 0.29) is 5.60 Å². The van der Waals surface area contributed by atoms with Gasteiger partial charge in [-0.1, -0.05) is 0 Å². The number of nitrogens with one attached hydrogen (secondary N) is 1. The molecule has 0 aliphatic carbocycles. The molecule has 0 spiro atoms. The molecule has 96 valence electrons. The van der Waals surface area contributed by atoms with Crippen LogP contribution >= 0.6 is 0 Å². The quantitative estimate of drug-likeness (QED) is 0.654. The monoisotopic (exact) mass is 230 g/mol. The second-order valence-electron chi connectivity index (χ2n) is 4.98. The van der Waals surface area contributed by atoms with Crippen LogP contribution in [0.5, 0.6) is 0 Å². The number of rotatable bonds is 7. The van der Waals surface area contributed by atoms with E-state index in [1.165, 1.54) is 0 Å². The first kappa shape index (κ1) is 13.9. The third-order valence-electron chi connectivity index (χ3n) is 2.81. The van der Waals surface area contributed by atoms with E-state index in [1.54, 1.807) is 7.11 Å². The molecule has 0 bridgehead atoms. The summed E-state index contributed by atoms with van der Waals surface area (Å²) in [6.07, 6.45) is 1.09. The van der Waals surface area contributed by atoms with Gasteiger partial charge in [-0.15, -0.1) is 0 Å². The molecular weight excluding hydrogens is 204 g/mol.